The zero-order chi connectivity index (χ0) is 21.9. The highest BCUT2D eigenvalue weighted by Gasteiger charge is 2.50. The minimum absolute atomic E-state index is 0.00532. The van der Waals surface area contributed by atoms with Crippen molar-refractivity contribution in [3.8, 4) is 5.75 Å². The lowest BCUT2D eigenvalue weighted by Crippen LogP contribution is -2.44. The molecule has 0 aliphatic carbocycles. The number of nitrogens with zero attached hydrogens (tertiary/aromatic N) is 1. The fourth-order valence-electron chi connectivity index (χ4n) is 3.18. The minimum atomic E-state index is -1.49. The van der Waals surface area contributed by atoms with Crippen LogP contribution >= 0.6 is 11.6 Å². The van der Waals surface area contributed by atoms with E-state index in [9.17, 15) is 18.8 Å². The van der Waals surface area contributed by atoms with E-state index in [1.807, 2.05) is 31.2 Å². The Labute approximate surface area is 178 Å². The van der Waals surface area contributed by atoms with Crippen molar-refractivity contribution in [2.24, 2.45) is 0 Å². The molecule has 9 heteroatoms. The number of benzene rings is 2. The molecule has 30 heavy (non-hydrogen) atoms. The van der Waals surface area contributed by atoms with Gasteiger partial charge >= 0.3 is 6.03 Å². The van der Waals surface area contributed by atoms with Crippen molar-refractivity contribution in [2.75, 3.05) is 19.7 Å². The molecule has 4 amide bonds. The second kappa shape index (κ2) is 8.71. The summed E-state index contributed by atoms with van der Waals surface area (Å²) in [5.74, 6) is -1.04. The SMILES string of the molecule is Cc1cccc(OCCNC(=O)CN2C(=O)NC(C)(c3ccc(F)cc3Cl)C2=O)c1. The molecule has 1 aliphatic heterocycles. The van der Waals surface area contributed by atoms with E-state index in [2.05, 4.69) is 10.6 Å². The molecule has 1 atom stereocenters. The average molecular weight is 434 g/mol. The Kier molecular flexibility index (Phi) is 6.26. The lowest BCUT2D eigenvalue weighted by molar-refractivity contribution is -0.134. The van der Waals surface area contributed by atoms with Gasteiger partial charge in [-0.05, 0) is 43.7 Å². The number of aryl methyl sites for hydroxylation is 1. The van der Waals surface area contributed by atoms with Crippen LogP contribution in [0.4, 0.5) is 9.18 Å². The summed E-state index contributed by atoms with van der Waals surface area (Å²) in [4.78, 5) is 38.2. The standard InChI is InChI=1S/C21H21ClFN3O4/c1-13-4-3-5-15(10-13)30-9-8-24-18(27)12-26-19(28)21(2,25-20(26)29)16-7-6-14(23)11-17(16)22/h3-7,10-11H,8-9,12H2,1-2H3,(H,24,27)(H,25,29). The molecule has 0 bridgehead atoms. The third kappa shape index (κ3) is 4.54. The van der Waals surface area contributed by atoms with Gasteiger partial charge in [-0.3, -0.25) is 14.5 Å². The Balaban J connectivity index is 1.56. The number of carbonyl (C=O) groups excluding carboxylic acids is 3. The summed E-state index contributed by atoms with van der Waals surface area (Å²) in [7, 11) is 0. The van der Waals surface area contributed by atoms with Crippen LogP contribution in [0.25, 0.3) is 0 Å². The summed E-state index contributed by atoms with van der Waals surface area (Å²) in [6.07, 6.45) is 0. The molecule has 0 saturated carbocycles. The molecule has 1 saturated heterocycles. The lowest BCUT2D eigenvalue weighted by atomic mass is 9.92. The summed E-state index contributed by atoms with van der Waals surface area (Å²) < 4.78 is 18.9. The van der Waals surface area contributed by atoms with Gasteiger partial charge < -0.3 is 15.4 Å². The monoisotopic (exact) mass is 433 g/mol. The number of halogens is 2. The predicted octanol–water partition coefficient (Wildman–Crippen LogP) is 2.75. The topological polar surface area (TPSA) is 87.7 Å². The van der Waals surface area contributed by atoms with Crippen LogP contribution in [-0.4, -0.2) is 42.4 Å². The largest absolute Gasteiger partial charge is 0.492 e. The Hall–Kier alpha value is -3.13. The van der Waals surface area contributed by atoms with Gasteiger partial charge in [0.2, 0.25) is 5.91 Å². The third-order valence-corrected chi connectivity index (χ3v) is 5.04. The zero-order valence-electron chi connectivity index (χ0n) is 16.5. The Morgan fingerprint density at radius 2 is 2.03 bits per heavy atom. The molecule has 2 aromatic rings. The van der Waals surface area contributed by atoms with Crippen LogP contribution in [0.5, 0.6) is 5.75 Å². The van der Waals surface area contributed by atoms with Gasteiger partial charge in [0.15, 0.2) is 0 Å². The van der Waals surface area contributed by atoms with E-state index in [-0.39, 0.29) is 23.7 Å². The van der Waals surface area contributed by atoms with Crippen molar-refractivity contribution in [3.63, 3.8) is 0 Å². The molecule has 0 aromatic heterocycles. The van der Waals surface area contributed by atoms with E-state index in [0.29, 0.717) is 5.75 Å². The molecule has 1 fully saturated rings. The molecule has 2 N–H and O–H groups in total. The van der Waals surface area contributed by atoms with Gasteiger partial charge in [-0.15, -0.1) is 0 Å². The van der Waals surface area contributed by atoms with E-state index >= 15 is 0 Å². The first-order valence-corrected chi connectivity index (χ1v) is 9.64. The van der Waals surface area contributed by atoms with Gasteiger partial charge in [0.05, 0.1) is 6.54 Å². The Bertz CT molecular complexity index is 1000. The predicted molar refractivity (Wildman–Crippen MR) is 109 cm³/mol. The maximum absolute atomic E-state index is 13.3. The van der Waals surface area contributed by atoms with Crippen LogP contribution in [0.3, 0.4) is 0 Å². The van der Waals surface area contributed by atoms with E-state index < -0.39 is 35.7 Å². The molecule has 158 valence electrons. The molecule has 2 aromatic carbocycles. The first-order valence-electron chi connectivity index (χ1n) is 9.26. The first-order chi connectivity index (χ1) is 14.2. The maximum Gasteiger partial charge on any atom is 0.325 e. The number of rotatable bonds is 7. The fourth-order valence-corrected chi connectivity index (χ4v) is 3.54. The van der Waals surface area contributed by atoms with Gasteiger partial charge in [0.25, 0.3) is 5.91 Å². The van der Waals surface area contributed by atoms with Crippen molar-refractivity contribution in [2.45, 2.75) is 19.4 Å². The van der Waals surface area contributed by atoms with Crippen molar-refractivity contribution in [1.29, 1.82) is 0 Å². The minimum Gasteiger partial charge on any atom is -0.492 e. The van der Waals surface area contributed by atoms with Crippen LogP contribution < -0.4 is 15.4 Å². The van der Waals surface area contributed by atoms with Crippen LogP contribution in [0.15, 0.2) is 42.5 Å². The number of carbonyl (C=O) groups is 3. The molecular formula is C21H21ClFN3O4. The normalized spacial score (nSPS) is 18.3. The number of hydrogen-bond donors (Lipinski definition) is 2. The lowest BCUT2D eigenvalue weighted by Gasteiger charge is -2.23. The van der Waals surface area contributed by atoms with Gasteiger partial charge in [0, 0.05) is 10.6 Å². The molecule has 0 radical (unpaired) electrons. The summed E-state index contributed by atoms with van der Waals surface area (Å²) >= 11 is 6.06. The number of amides is 4. The molecule has 3 rings (SSSR count). The number of imide groups is 1. The maximum atomic E-state index is 13.3. The van der Waals surface area contributed by atoms with E-state index in [4.69, 9.17) is 16.3 Å². The van der Waals surface area contributed by atoms with Crippen molar-refractivity contribution < 1.29 is 23.5 Å². The molecular weight excluding hydrogens is 413 g/mol. The summed E-state index contributed by atoms with van der Waals surface area (Å²) in [5, 5.41) is 5.15. The molecule has 1 heterocycles. The molecule has 1 unspecified atom stereocenters. The van der Waals surface area contributed by atoms with Crippen molar-refractivity contribution >= 4 is 29.4 Å². The van der Waals surface area contributed by atoms with Crippen LogP contribution in [0.2, 0.25) is 5.02 Å². The van der Waals surface area contributed by atoms with E-state index in [0.717, 1.165) is 22.6 Å². The second-order valence-electron chi connectivity index (χ2n) is 7.09. The smallest absolute Gasteiger partial charge is 0.325 e. The molecule has 0 spiro atoms. The first kappa shape index (κ1) is 21.6. The van der Waals surface area contributed by atoms with E-state index in [1.165, 1.54) is 13.0 Å². The number of ether oxygens (including phenoxy) is 1. The second-order valence-corrected chi connectivity index (χ2v) is 7.49. The Morgan fingerprint density at radius 3 is 2.73 bits per heavy atom. The van der Waals surface area contributed by atoms with Crippen LogP contribution in [-0.2, 0) is 15.1 Å². The van der Waals surface area contributed by atoms with Gasteiger partial charge in [-0.25, -0.2) is 9.18 Å². The summed E-state index contributed by atoms with van der Waals surface area (Å²) in [6, 6.07) is 10.3. The number of nitrogens with one attached hydrogen (secondary N) is 2. The summed E-state index contributed by atoms with van der Waals surface area (Å²) in [5.41, 5.74) is -0.186. The van der Waals surface area contributed by atoms with E-state index in [1.54, 1.807) is 0 Å². The number of urea groups is 1. The summed E-state index contributed by atoms with van der Waals surface area (Å²) in [6.45, 7) is 3.39. The third-order valence-electron chi connectivity index (χ3n) is 4.73. The van der Waals surface area contributed by atoms with Crippen LogP contribution in [0, 0.1) is 12.7 Å². The highest BCUT2D eigenvalue weighted by atomic mass is 35.5. The quantitative estimate of drug-likeness (QED) is 0.519. The Morgan fingerprint density at radius 1 is 1.27 bits per heavy atom. The van der Waals surface area contributed by atoms with Gasteiger partial charge in [-0.2, -0.15) is 0 Å². The zero-order valence-corrected chi connectivity index (χ0v) is 17.3. The highest BCUT2D eigenvalue weighted by Crippen LogP contribution is 2.33. The van der Waals surface area contributed by atoms with Crippen molar-refractivity contribution in [1.82, 2.24) is 15.5 Å². The van der Waals surface area contributed by atoms with Crippen molar-refractivity contribution in [3.05, 3.63) is 64.4 Å². The average Bonchev–Trinajstić information content (AvgIpc) is 2.89. The fraction of sp³-hybridized carbons (Fsp3) is 0.286. The molecule has 1 aliphatic rings. The van der Waals surface area contributed by atoms with Gasteiger partial charge in [-0.1, -0.05) is 29.8 Å². The van der Waals surface area contributed by atoms with Crippen LogP contribution in [0.1, 0.15) is 18.1 Å². The molecule has 7 nitrogen and oxygen atoms in total. The highest BCUT2D eigenvalue weighted by molar-refractivity contribution is 6.32. The number of hydrogen-bond acceptors (Lipinski definition) is 4. The van der Waals surface area contributed by atoms with Gasteiger partial charge in [0.1, 0.15) is 30.3 Å².